The van der Waals surface area contributed by atoms with E-state index in [2.05, 4.69) is 11.1 Å². The Hall–Kier alpha value is -2.53. The molecule has 0 bridgehead atoms. The van der Waals surface area contributed by atoms with Crippen LogP contribution in [0.1, 0.15) is 18.0 Å². The SMILES string of the molecule is CC=C1C(=O)N(c2cccnc2)C1c1nc2ccccc2s1. The summed E-state index contributed by atoms with van der Waals surface area (Å²) in [5.74, 6) is 0.0276. The minimum Gasteiger partial charge on any atom is -0.293 e. The fourth-order valence-corrected chi connectivity index (χ4v) is 3.82. The molecule has 1 fully saturated rings. The summed E-state index contributed by atoms with van der Waals surface area (Å²) in [7, 11) is 0. The minimum atomic E-state index is -0.112. The van der Waals surface area contributed by atoms with Crippen molar-refractivity contribution in [2.45, 2.75) is 13.0 Å². The van der Waals surface area contributed by atoms with Crippen LogP contribution in [-0.4, -0.2) is 15.9 Å². The molecule has 1 aliphatic heterocycles. The topological polar surface area (TPSA) is 46.1 Å². The number of hydrogen-bond acceptors (Lipinski definition) is 4. The van der Waals surface area contributed by atoms with E-state index in [-0.39, 0.29) is 11.9 Å². The number of pyridine rings is 1. The molecular weight excluding hydrogens is 294 g/mol. The lowest BCUT2D eigenvalue weighted by Crippen LogP contribution is -2.49. The lowest BCUT2D eigenvalue weighted by atomic mass is 9.94. The van der Waals surface area contributed by atoms with Gasteiger partial charge < -0.3 is 0 Å². The van der Waals surface area contributed by atoms with Gasteiger partial charge in [0.15, 0.2) is 0 Å². The van der Waals surface area contributed by atoms with Crippen molar-refractivity contribution in [2.24, 2.45) is 0 Å². The van der Waals surface area contributed by atoms with Gasteiger partial charge in [0.2, 0.25) is 0 Å². The first kappa shape index (κ1) is 13.2. The fourth-order valence-electron chi connectivity index (χ4n) is 2.74. The van der Waals surface area contributed by atoms with Crippen LogP contribution in [-0.2, 0) is 4.79 Å². The number of aromatic nitrogens is 2. The van der Waals surface area contributed by atoms with Crippen molar-refractivity contribution >= 4 is 33.1 Å². The molecule has 1 aromatic carbocycles. The van der Waals surface area contributed by atoms with Crippen LogP contribution < -0.4 is 4.90 Å². The molecule has 1 amide bonds. The van der Waals surface area contributed by atoms with Crippen molar-refractivity contribution in [2.75, 3.05) is 4.90 Å². The molecule has 0 N–H and O–H groups in total. The number of hydrogen-bond donors (Lipinski definition) is 0. The molecule has 3 aromatic rings. The average molecular weight is 307 g/mol. The van der Waals surface area contributed by atoms with Crippen LogP contribution in [0, 0.1) is 0 Å². The van der Waals surface area contributed by atoms with Crippen LogP contribution in [0.15, 0.2) is 60.4 Å². The van der Waals surface area contributed by atoms with Gasteiger partial charge in [-0.05, 0) is 31.2 Å². The summed E-state index contributed by atoms with van der Waals surface area (Å²) in [5, 5.41) is 0.942. The van der Waals surface area contributed by atoms with Gasteiger partial charge in [0.05, 0.1) is 22.1 Å². The Bertz CT molecular complexity index is 852. The Morgan fingerprint density at radius 1 is 1.23 bits per heavy atom. The maximum atomic E-state index is 12.4. The van der Waals surface area contributed by atoms with Gasteiger partial charge in [-0.2, -0.15) is 0 Å². The molecule has 3 heterocycles. The Labute approximate surface area is 131 Å². The highest BCUT2D eigenvalue weighted by atomic mass is 32.1. The Morgan fingerprint density at radius 3 is 2.82 bits per heavy atom. The van der Waals surface area contributed by atoms with E-state index in [9.17, 15) is 4.79 Å². The van der Waals surface area contributed by atoms with Gasteiger partial charge in [0, 0.05) is 11.8 Å². The summed E-state index contributed by atoms with van der Waals surface area (Å²) < 4.78 is 1.14. The van der Waals surface area contributed by atoms with E-state index in [1.807, 2.05) is 43.3 Å². The first-order valence-electron chi connectivity index (χ1n) is 7.05. The molecule has 22 heavy (non-hydrogen) atoms. The zero-order chi connectivity index (χ0) is 15.1. The van der Waals surface area contributed by atoms with Crippen molar-refractivity contribution < 1.29 is 4.79 Å². The monoisotopic (exact) mass is 307 g/mol. The van der Waals surface area contributed by atoms with Crippen molar-refractivity contribution in [3.63, 3.8) is 0 Å². The van der Waals surface area contributed by atoms with E-state index >= 15 is 0 Å². The molecule has 1 aliphatic rings. The van der Waals surface area contributed by atoms with Crippen LogP contribution in [0.4, 0.5) is 5.69 Å². The molecular formula is C17H13N3OS. The van der Waals surface area contributed by atoms with Gasteiger partial charge in [-0.3, -0.25) is 14.7 Å². The highest BCUT2D eigenvalue weighted by Crippen LogP contribution is 2.44. The third kappa shape index (κ3) is 1.86. The number of rotatable bonds is 2. The lowest BCUT2D eigenvalue weighted by molar-refractivity contribution is -0.119. The maximum absolute atomic E-state index is 12.4. The van der Waals surface area contributed by atoms with E-state index in [1.54, 1.807) is 28.6 Å². The molecule has 2 aromatic heterocycles. The summed E-state index contributed by atoms with van der Waals surface area (Å²) in [4.78, 5) is 23.0. The Kier molecular flexibility index (Phi) is 3.01. The number of nitrogens with zero attached hydrogens (tertiary/aromatic N) is 3. The van der Waals surface area contributed by atoms with Crippen molar-refractivity contribution in [3.8, 4) is 0 Å². The van der Waals surface area contributed by atoms with E-state index in [4.69, 9.17) is 4.98 Å². The van der Waals surface area contributed by atoms with Gasteiger partial charge in [-0.15, -0.1) is 11.3 Å². The Morgan fingerprint density at radius 2 is 2.09 bits per heavy atom. The summed E-state index contributed by atoms with van der Waals surface area (Å²) in [6.07, 6.45) is 5.30. The zero-order valence-electron chi connectivity index (χ0n) is 11.9. The van der Waals surface area contributed by atoms with Gasteiger partial charge in [0.25, 0.3) is 5.91 Å². The number of fused-ring (bicyclic) bond motifs is 1. The number of thiazole rings is 1. The predicted molar refractivity (Wildman–Crippen MR) is 87.8 cm³/mol. The summed E-state index contributed by atoms with van der Waals surface area (Å²) in [6.45, 7) is 1.90. The number of β-lactam (4-membered cyclic amide) rings is 1. The molecule has 1 saturated heterocycles. The standard InChI is InChI=1S/C17H13N3OS/c1-2-12-15(16-19-13-7-3-4-8-14(13)22-16)20(17(12)21)11-6-5-9-18-10-11/h2-10,15H,1H3. The predicted octanol–water partition coefficient (Wildman–Crippen LogP) is 3.73. The van der Waals surface area contributed by atoms with Crippen molar-refractivity contribution in [1.82, 2.24) is 9.97 Å². The van der Waals surface area contributed by atoms with E-state index in [1.165, 1.54) is 0 Å². The van der Waals surface area contributed by atoms with Crippen LogP contribution in [0.25, 0.3) is 10.2 Å². The molecule has 1 atom stereocenters. The second-order valence-corrected chi connectivity index (χ2v) is 6.11. The number of para-hydroxylation sites is 1. The number of carbonyl (C=O) groups is 1. The third-order valence-corrected chi connectivity index (χ3v) is 4.89. The first-order chi connectivity index (χ1) is 10.8. The van der Waals surface area contributed by atoms with Crippen LogP contribution >= 0.6 is 11.3 Å². The lowest BCUT2D eigenvalue weighted by Gasteiger charge is -2.41. The smallest absolute Gasteiger partial charge is 0.257 e. The number of allylic oxidation sites excluding steroid dienone is 1. The van der Waals surface area contributed by atoms with Gasteiger partial charge in [0.1, 0.15) is 11.0 Å². The fraction of sp³-hybridized carbons (Fsp3) is 0.118. The largest absolute Gasteiger partial charge is 0.293 e. The molecule has 108 valence electrons. The van der Waals surface area contributed by atoms with Crippen molar-refractivity contribution in [1.29, 1.82) is 0 Å². The summed E-state index contributed by atoms with van der Waals surface area (Å²) >= 11 is 1.63. The second kappa shape index (κ2) is 5.03. The van der Waals surface area contributed by atoms with Crippen LogP contribution in [0.3, 0.4) is 0 Å². The molecule has 0 aliphatic carbocycles. The van der Waals surface area contributed by atoms with Crippen LogP contribution in [0.2, 0.25) is 0 Å². The van der Waals surface area contributed by atoms with Gasteiger partial charge in [-0.25, -0.2) is 4.98 Å². The third-order valence-electron chi connectivity index (χ3n) is 3.80. The highest BCUT2D eigenvalue weighted by Gasteiger charge is 2.45. The quantitative estimate of drug-likeness (QED) is 0.535. The number of amides is 1. The van der Waals surface area contributed by atoms with E-state index in [0.29, 0.717) is 0 Å². The molecule has 4 nitrogen and oxygen atoms in total. The first-order valence-corrected chi connectivity index (χ1v) is 7.86. The summed E-state index contributed by atoms with van der Waals surface area (Å²) in [5.41, 5.74) is 2.58. The van der Waals surface area contributed by atoms with Crippen molar-refractivity contribution in [3.05, 3.63) is 65.4 Å². The average Bonchev–Trinajstić information content (AvgIpc) is 2.97. The van der Waals surface area contributed by atoms with E-state index < -0.39 is 0 Å². The molecule has 0 saturated carbocycles. The summed E-state index contributed by atoms with van der Waals surface area (Å²) in [6, 6.07) is 11.7. The van der Waals surface area contributed by atoms with Gasteiger partial charge >= 0.3 is 0 Å². The van der Waals surface area contributed by atoms with E-state index in [0.717, 1.165) is 26.5 Å². The van der Waals surface area contributed by atoms with Crippen LogP contribution in [0.5, 0.6) is 0 Å². The molecule has 5 heteroatoms. The number of benzene rings is 1. The molecule has 1 unspecified atom stereocenters. The number of carbonyl (C=O) groups excluding carboxylic acids is 1. The Balaban J connectivity index is 1.81. The highest BCUT2D eigenvalue weighted by molar-refractivity contribution is 7.18. The normalized spacial score (nSPS) is 19.7. The maximum Gasteiger partial charge on any atom is 0.257 e. The zero-order valence-corrected chi connectivity index (χ0v) is 12.7. The van der Waals surface area contributed by atoms with Gasteiger partial charge in [-0.1, -0.05) is 18.2 Å². The second-order valence-electron chi connectivity index (χ2n) is 5.05. The molecule has 4 rings (SSSR count). The molecule has 0 spiro atoms. The number of anilines is 1. The molecule has 0 radical (unpaired) electrons. The minimum absolute atomic E-state index is 0.0276.